The van der Waals surface area contributed by atoms with E-state index in [9.17, 15) is 4.79 Å². The fraction of sp³-hybridized carbons (Fsp3) is 0.300. The average Bonchev–Trinajstić information content (AvgIpc) is 2.17. The molecule has 0 saturated carbocycles. The number of anilines is 1. The third kappa shape index (κ3) is 2.22. The molecular weight excluding hydrogens is 218 g/mol. The lowest BCUT2D eigenvalue weighted by atomic mass is 10.1. The van der Waals surface area contributed by atoms with E-state index in [2.05, 4.69) is 0 Å². The SMILES string of the molecule is CSc1cccc(C(=O)C(C)Cl)c1N. The van der Waals surface area contributed by atoms with E-state index in [1.165, 1.54) is 11.8 Å². The summed E-state index contributed by atoms with van der Waals surface area (Å²) in [6.45, 7) is 1.65. The molecule has 1 aromatic rings. The minimum Gasteiger partial charge on any atom is -0.397 e. The number of carbonyl (C=O) groups is 1. The van der Waals surface area contributed by atoms with Gasteiger partial charge in [-0.1, -0.05) is 6.07 Å². The Bertz CT molecular complexity index is 352. The topological polar surface area (TPSA) is 43.1 Å². The molecule has 0 amide bonds. The first-order chi connectivity index (χ1) is 6.57. The summed E-state index contributed by atoms with van der Waals surface area (Å²) in [6.07, 6.45) is 1.92. The lowest BCUT2D eigenvalue weighted by molar-refractivity contribution is 0.0992. The number of nitrogens with two attached hydrogens (primary N) is 1. The highest BCUT2D eigenvalue weighted by Crippen LogP contribution is 2.27. The van der Waals surface area contributed by atoms with Crippen molar-refractivity contribution >= 4 is 34.8 Å². The van der Waals surface area contributed by atoms with Gasteiger partial charge in [-0.25, -0.2) is 0 Å². The van der Waals surface area contributed by atoms with Crippen molar-refractivity contribution < 1.29 is 4.79 Å². The molecule has 1 rings (SSSR count). The monoisotopic (exact) mass is 229 g/mol. The van der Waals surface area contributed by atoms with Crippen molar-refractivity contribution in [3.8, 4) is 0 Å². The minimum atomic E-state index is -0.533. The number of benzene rings is 1. The van der Waals surface area contributed by atoms with Crippen LogP contribution in [-0.4, -0.2) is 17.4 Å². The molecule has 0 aliphatic heterocycles. The Morgan fingerprint density at radius 1 is 1.57 bits per heavy atom. The van der Waals surface area contributed by atoms with Crippen molar-refractivity contribution in [2.75, 3.05) is 12.0 Å². The molecule has 0 heterocycles. The summed E-state index contributed by atoms with van der Waals surface area (Å²) in [5.74, 6) is -0.125. The zero-order valence-electron chi connectivity index (χ0n) is 8.08. The fourth-order valence-electron chi connectivity index (χ4n) is 1.15. The highest BCUT2D eigenvalue weighted by molar-refractivity contribution is 7.98. The molecule has 76 valence electrons. The van der Waals surface area contributed by atoms with Crippen molar-refractivity contribution in [1.82, 2.24) is 0 Å². The molecule has 0 spiro atoms. The van der Waals surface area contributed by atoms with Gasteiger partial charge in [-0.15, -0.1) is 23.4 Å². The summed E-state index contributed by atoms with van der Waals surface area (Å²) in [6, 6.07) is 5.40. The van der Waals surface area contributed by atoms with Gasteiger partial charge < -0.3 is 5.73 Å². The fourth-order valence-corrected chi connectivity index (χ4v) is 1.81. The van der Waals surface area contributed by atoms with Crippen LogP contribution in [0.2, 0.25) is 0 Å². The van der Waals surface area contributed by atoms with Crippen molar-refractivity contribution in [2.24, 2.45) is 0 Å². The van der Waals surface area contributed by atoms with Crippen LogP contribution in [0.15, 0.2) is 23.1 Å². The number of thioether (sulfide) groups is 1. The van der Waals surface area contributed by atoms with E-state index in [4.69, 9.17) is 17.3 Å². The van der Waals surface area contributed by atoms with Gasteiger partial charge in [0.2, 0.25) is 0 Å². The molecule has 2 nitrogen and oxygen atoms in total. The maximum absolute atomic E-state index is 11.6. The highest BCUT2D eigenvalue weighted by Gasteiger charge is 2.16. The second-order valence-electron chi connectivity index (χ2n) is 2.90. The molecule has 4 heteroatoms. The molecule has 1 unspecified atom stereocenters. The number of hydrogen-bond acceptors (Lipinski definition) is 3. The van der Waals surface area contributed by atoms with Crippen LogP contribution >= 0.6 is 23.4 Å². The van der Waals surface area contributed by atoms with Gasteiger partial charge in [-0.05, 0) is 25.3 Å². The standard InChI is InChI=1S/C10H12ClNOS/c1-6(11)10(13)7-4-3-5-8(14-2)9(7)12/h3-6H,12H2,1-2H3. The number of hydrogen-bond donors (Lipinski definition) is 1. The van der Waals surface area contributed by atoms with E-state index in [0.29, 0.717) is 11.3 Å². The Morgan fingerprint density at radius 3 is 2.71 bits per heavy atom. The number of Topliss-reactive ketones (excluding diaryl/α,β-unsaturated/α-hetero) is 1. The van der Waals surface area contributed by atoms with E-state index < -0.39 is 5.38 Å². The number of para-hydroxylation sites is 1. The highest BCUT2D eigenvalue weighted by atomic mass is 35.5. The normalized spacial score (nSPS) is 12.5. The Morgan fingerprint density at radius 2 is 2.21 bits per heavy atom. The maximum Gasteiger partial charge on any atom is 0.182 e. The first kappa shape index (κ1) is 11.4. The molecule has 1 atom stereocenters. The number of nitrogen functional groups attached to an aromatic ring is 1. The van der Waals surface area contributed by atoms with Gasteiger partial charge in [0.05, 0.1) is 11.1 Å². The van der Waals surface area contributed by atoms with Gasteiger partial charge in [0.1, 0.15) is 0 Å². The van der Waals surface area contributed by atoms with E-state index in [-0.39, 0.29) is 5.78 Å². The quantitative estimate of drug-likeness (QED) is 0.375. The molecule has 2 N–H and O–H groups in total. The van der Waals surface area contributed by atoms with Gasteiger partial charge in [0.25, 0.3) is 0 Å². The Labute approximate surface area is 92.8 Å². The van der Waals surface area contributed by atoms with Gasteiger partial charge in [0.15, 0.2) is 5.78 Å². The first-order valence-electron chi connectivity index (χ1n) is 4.18. The summed E-state index contributed by atoms with van der Waals surface area (Å²) in [5.41, 5.74) is 6.87. The summed E-state index contributed by atoms with van der Waals surface area (Å²) in [5, 5.41) is -0.533. The van der Waals surface area contributed by atoms with Crippen molar-refractivity contribution in [1.29, 1.82) is 0 Å². The van der Waals surface area contributed by atoms with E-state index >= 15 is 0 Å². The predicted molar refractivity (Wildman–Crippen MR) is 62.3 cm³/mol. The van der Waals surface area contributed by atoms with E-state index in [1.807, 2.05) is 18.4 Å². The van der Waals surface area contributed by atoms with Crippen molar-refractivity contribution in [3.63, 3.8) is 0 Å². The summed E-state index contributed by atoms with van der Waals surface area (Å²) >= 11 is 7.24. The Balaban J connectivity index is 3.16. The molecule has 0 bridgehead atoms. The number of carbonyl (C=O) groups excluding carboxylic acids is 1. The molecule has 0 fully saturated rings. The third-order valence-electron chi connectivity index (χ3n) is 1.91. The predicted octanol–water partition coefficient (Wildman–Crippen LogP) is 2.80. The largest absolute Gasteiger partial charge is 0.397 e. The average molecular weight is 230 g/mol. The van der Waals surface area contributed by atoms with Crippen LogP contribution in [0.5, 0.6) is 0 Å². The lowest BCUT2D eigenvalue weighted by Gasteiger charge is -2.09. The van der Waals surface area contributed by atoms with Crippen LogP contribution in [0, 0.1) is 0 Å². The van der Waals surface area contributed by atoms with Crippen LogP contribution in [0.3, 0.4) is 0 Å². The molecule has 1 aromatic carbocycles. The molecule has 14 heavy (non-hydrogen) atoms. The number of alkyl halides is 1. The van der Waals surface area contributed by atoms with E-state index in [1.54, 1.807) is 13.0 Å². The Hall–Kier alpha value is -0.670. The van der Waals surface area contributed by atoms with E-state index in [0.717, 1.165) is 4.90 Å². The molecule has 0 radical (unpaired) electrons. The van der Waals surface area contributed by atoms with Crippen molar-refractivity contribution in [2.45, 2.75) is 17.2 Å². The number of halogens is 1. The van der Waals surface area contributed by atoms with Crippen LogP contribution in [-0.2, 0) is 0 Å². The zero-order chi connectivity index (χ0) is 10.7. The molecule has 0 aliphatic rings. The van der Waals surface area contributed by atoms with Gasteiger partial charge >= 0.3 is 0 Å². The maximum atomic E-state index is 11.6. The number of rotatable bonds is 3. The first-order valence-corrected chi connectivity index (χ1v) is 5.84. The van der Waals surface area contributed by atoms with Crippen LogP contribution in [0.1, 0.15) is 17.3 Å². The van der Waals surface area contributed by atoms with Crippen LogP contribution in [0.4, 0.5) is 5.69 Å². The molecular formula is C10H12ClNOS. The molecule has 0 aliphatic carbocycles. The van der Waals surface area contributed by atoms with Crippen LogP contribution < -0.4 is 5.73 Å². The van der Waals surface area contributed by atoms with Gasteiger partial charge in [0, 0.05) is 10.5 Å². The lowest BCUT2D eigenvalue weighted by Crippen LogP contribution is -2.13. The third-order valence-corrected chi connectivity index (χ3v) is 2.91. The minimum absolute atomic E-state index is 0.125. The summed E-state index contributed by atoms with van der Waals surface area (Å²) < 4.78 is 0. The van der Waals surface area contributed by atoms with Crippen molar-refractivity contribution in [3.05, 3.63) is 23.8 Å². The smallest absolute Gasteiger partial charge is 0.182 e. The summed E-state index contributed by atoms with van der Waals surface area (Å²) in [4.78, 5) is 12.5. The summed E-state index contributed by atoms with van der Waals surface area (Å²) in [7, 11) is 0. The second kappa shape index (κ2) is 4.71. The molecule has 0 saturated heterocycles. The number of ketones is 1. The van der Waals surface area contributed by atoms with Gasteiger partial charge in [-0.2, -0.15) is 0 Å². The zero-order valence-corrected chi connectivity index (χ0v) is 9.65. The van der Waals surface area contributed by atoms with Crippen LogP contribution in [0.25, 0.3) is 0 Å². The Kier molecular flexibility index (Phi) is 3.84. The second-order valence-corrected chi connectivity index (χ2v) is 4.40. The molecule has 0 aromatic heterocycles. The van der Waals surface area contributed by atoms with Gasteiger partial charge in [-0.3, -0.25) is 4.79 Å².